The molecule has 1 heteroatoms. The van der Waals surface area contributed by atoms with Gasteiger partial charge in [-0.05, 0) is 19.8 Å². The first kappa shape index (κ1) is 6.02. The summed E-state index contributed by atoms with van der Waals surface area (Å²) in [5, 5.41) is 0. The summed E-state index contributed by atoms with van der Waals surface area (Å²) in [5.74, 6) is 0. The molecule has 0 radical (unpaired) electrons. The van der Waals surface area contributed by atoms with Crippen LogP contribution in [0.2, 0.25) is 0 Å². The molecule has 1 nitrogen and oxygen atoms in total. The van der Waals surface area contributed by atoms with Crippen LogP contribution < -0.4 is 0 Å². The van der Waals surface area contributed by atoms with E-state index in [-0.39, 0.29) is 0 Å². The van der Waals surface area contributed by atoms with Gasteiger partial charge in [-0.3, -0.25) is 0 Å². The fourth-order valence-corrected chi connectivity index (χ4v) is 1.55. The third kappa shape index (κ3) is 0.634. The highest BCUT2D eigenvalue weighted by atomic mass is 15.3. The largest absolute Gasteiger partial charge is 0.336 e. The summed E-state index contributed by atoms with van der Waals surface area (Å²) in [6.07, 6.45) is 7.02. The summed E-state index contributed by atoms with van der Waals surface area (Å²) in [6.45, 7) is 4.51. The molecule has 0 spiro atoms. The molecule has 0 amide bonds. The molecule has 1 heterocycles. The van der Waals surface area contributed by atoms with E-state index in [1.807, 2.05) is 0 Å². The van der Waals surface area contributed by atoms with Crippen LogP contribution in [0, 0.1) is 0 Å². The van der Waals surface area contributed by atoms with Gasteiger partial charge in [-0.25, -0.2) is 0 Å². The first-order valence-corrected chi connectivity index (χ1v) is 4.04. The molecule has 54 valence electrons. The molecule has 0 aromatic carbocycles. The van der Waals surface area contributed by atoms with Crippen molar-refractivity contribution in [2.75, 3.05) is 0 Å². The Morgan fingerprint density at radius 1 is 1.50 bits per heavy atom. The van der Waals surface area contributed by atoms with Gasteiger partial charge in [0.15, 0.2) is 0 Å². The minimum Gasteiger partial charge on any atom is -0.336 e. The molecule has 0 N–H and O–H groups in total. The summed E-state index contributed by atoms with van der Waals surface area (Å²) in [7, 11) is 0. The zero-order chi connectivity index (χ0) is 7.14. The molecule has 1 aliphatic carbocycles. The van der Waals surface area contributed by atoms with E-state index in [1.54, 1.807) is 0 Å². The minimum absolute atomic E-state index is 0.720. The Labute approximate surface area is 62.0 Å². The van der Waals surface area contributed by atoms with Crippen molar-refractivity contribution in [1.29, 1.82) is 0 Å². The highest BCUT2D eigenvalue weighted by molar-refractivity contribution is 5.52. The Kier molecular flexibility index (Phi) is 1.13. The van der Waals surface area contributed by atoms with E-state index >= 15 is 0 Å². The quantitative estimate of drug-likeness (QED) is 0.525. The number of rotatable bonds is 2. The Morgan fingerprint density at radius 3 is 2.60 bits per heavy atom. The fraction of sp³-hybridized carbons (Fsp3) is 0.556. The predicted molar refractivity (Wildman–Crippen MR) is 42.4 cm³/mol. The van der Waals surface area contributed by atoms with Gasteiger partial charge in [0.2, 0.25) is 0 Å². The number of nitrogens with zero attached hydrogens (tertiary/aromatic N) is 1. The fourth-order valence-electron chi connectivity index (χ4n) is 1.55. The Bertz CT molecular complexity index is 195. The molecule has 0 bridgehead atoms. The first-order chi connectivity index (χ1) is 4.84. The van der Waals surface area contributed by atoms with E-state index in [0.717, 1.165) is 12.5 Å². The topological polar surface area (TPSA) is 3.01 Å². The summed E-state index contributed by atoms with van der Waals surface area (Å²) in [5.41, 5.74) is 2.99. The van der Waals surface area contributed by atoms with Gasteiger partial charge in [0.25, 0.3) is 0 Å². The van der Waals surface area contributed by atoms with Crippen molar-refractivity contribution in [3.63, 3.8) is 0 Å². The van der Waals surface area contributed by atoms with Crippen LogP contribution >= 0.6 is 0 Å². The van der Waals surface area contributed by atoms with Crippen LogP contribution in [0.25, 0.3) is 0 Å². The van der Waals surface area contributed by atoms with Crippen molar-refractivity contribution in [2.45, 2.75) is 32.7 Å². The van der Waals surface area contributed by atoms with Crippen molar-refractivity contribution in [3.05, 3.63) is 23.5 Å². The maximum Gasteiger partial charge on any atom is 0.0614 e. The zero-order valence-electron chi connectivity index (χ0n) is 6.59. The third-order valence-electron chi connectivity index (χ3n) is 2.39. The molecule has 1 atom stereocenters. The lowest BCUT2D eigenvalue weighted by molar-refractivity contribution is 0.451. The molecule has 1 fully saturated rings. The number of allylic oxidation sites excluding steroid dienone is 2. The van der Waals surface area contributed by atoms with Crippen LogP contribution in [0.1, 0.15) is 26.7 Å². The van der Waals surface area contributed by atoms with Crippen LogP contribution in [0.5, 0.6) is 0 Å². The molecular weight excluding hydrogens is 122 g/mol. The maximum absolute atomic E-state index is 2.42. The summed E-state index contributed by atoms with van der Waals surface area (Å²) >= 11 is 0. The molecule has 1 aliphatic heterocycles. The van der Waals surface area contributed by atoms with E-state index in [1.165, 1.54) is 17.8 Å². The molecule has 0 saturated carbocycles. The lowest BCUT2D eigenvalue weighted by Crippen LogP contribution is -2.11. The second-order valence-corrected chi connectivity index (χ2v) is 3.04. The third-order valence-corrected chi connectivity index (χ3v) is 2.39. The van der Waals surface area contributed by atoms with Crippen molar-refractivity contribution < 1.29 is 0 Å². The Balaban J connectivity index is 2.07. The molecule has 1 saturated heterocycles. The van der Waals surface area contributed by atoms with Crippen LogP contribution in [-0.2, 0) is 0 Å². The van der Waals surface area contributed by atoms with Crippen molar-refractivity contribution in [3.8, 4) is 0 Å². The van der Waals surface area contributed by atoms with Crippen LogP contribution in [0.3, 0.4) is 0 Å². The number of fused-ring (bicyclic) bond motifs is 1. The van der Waals surface area contributed by atoms with E-state index in [9.17, 15) is 0 Å². The van der Waals surface area contributed by atoms with E-state index in [0.29, 0.717) is 0 Å². The van der Waals surface area contributed by atoms with Crippen molar-refractivity contribution in [2.24, 2.45) is 0 Å². The van der Waals surface area contributed by atoms with Crippen molar-refractivity contribution in [1.82, 2.24) is 4.90 Å². The van der Waals surface area contributed by atoms with Gasteiger partial charge in [-0.2, -0.15) is 0 Å². The van der Waals surface area contributed by atoms with E-state index in [4.69, 9.17) is 0 Å². The maximum atomic E-state index is 2.42. The van der Waals surface area contributed by atoms with Gasteiger partial charge in [-0.15, -0.1) is 0 Å². The lowest BCUT2D eigenvalue weighted by Gasteiger charge is -2.09. The number of hydrogen-bond acceptors (Lipinski definition) is 1. The SMILES string of the molecule is CCC(C)N1C2=CCC=C21. The second kappa shape index (κ2) is 1.88. The predicted octanol–water partition coefficient (Wildman–Crippen LogP) is 2.27. The highest BCUT2D eigenvalue weighted by Crippen LogP contribution is 2.44. The average molecular weight is 135 g/mol. The standard InChI is InChI=1S/C9H13N/c1-3-7(2)10-8-5-4-6-9(8)10/h5-7H,3-4H2,1-2H3. The van der Waals surface area contributed by atoms with E-state index in [2.05, 4.69) is 30.9 Å². The Morgan fingerprint density at radius 2 is 2.10 bits per heavy atom. The second-order valence-electron chi connectivity index (χ2n) is 3.04. The molecule has 0 aromatic rings. The zero-order valence-corrected chi connectivity index (χ0v) is 6.59. The molecule has 0 aromatic heterocycles. The molecular formula is C9H13N. The van der Waals surface area contributed by atoms with Gasteiger partial charge >= 0.3 is 0 Å². The molecule has 1 unspecified atom stereocenters. The summed E-state index contributed by atoms with van der Waals surface area (Å²) in [6, 6.07) is 0.720. The van der Waals surface area contributed by atoms with Crippen LogP contribution in [0.15, 0.2) is 23.5 Å². The van der Waals surface area contributed by atoms with Gasteiger partial charge in [0, 0.05) is 6.04 Å². The minimum atomic E-state index is 0.720. The van der Waals surface area contributed by atoms with Crippen LogP contribution in [-0.4, -0.2) is 10.9 Å². The van der Waals surface area contributed by atoms with Gasteiger partial charge in [-0.1, -0.05) is 19.1 Å². The van der Waals surface area contributed by atoms with E-state index < -0.39 is 0 Å². The average Bonchev–Trinajstić information content (AvgIpc) is 2.43. The number of hydrogen-bond donors (Lipinski definition) is 0. The smallest absolute Gasteiger partial charge is 0.0614 e. The van der Waals surface area contributed by atoms with Gasteiger partial charge in [0.1, 0.15) is 0 Å². The van der Waals surface area contributed by atoms with Gasteiger partial charge in [0.05, 0.1) is 11.4 Å². The summed E-state index contributed by atoms with van der Waals surface area (Å²) in [4.78, 5) is 2.42. The molecule has 2 aliphatic rings. The highest BCUT2D eigenvalue weighted by Gasteiger charge is 2.38. The molecule has 2 rings (SSSR count). The van der Waals surface area contributed by atoms with Gasteiger partial charge < -0.3 is 4.90 Å². The van der Waals surface area contributed by atoms with Crippen molar-refractivity contribution >= 4 is 0 Å². The van der Waals surface area contributed by atoms with Crippen LogP contribution in [0.4, 0.5) is 0 Å². The normalized spacial score (nSPS) is 23.6. The monoisotopic (exact) mass is 135 g/mol. The molecule has 10 heavy (non-hydrogen) atoms. The summed E-state index contributed by atoms with van der Waals surface area (Å²) < 4.78 is 0. The first-order valence-electron chi connectivity index (χ1n) is 4.04. The Hall–Kier alpha value is -0.720. The lowest BCUT2D eigenvalue weighted by atomic mass is 10.2.